The molecule has 0 radical (unpaired) electrons. The van der Waals surface area contributed by atoms with Crippen LogP contribution in [0.1, 0.15) is 134 Å². The first-order valence-corrected chi connectivity index (χ1v) is 22.3. The second-order valence-electron chi connectivity index (χ2n) is 20.1. The van der Waals surface area contributed by atoms with Crippen molar-refractivity contribution in [3.63, 3.8) is 0 Å². The zero-order chi connectivity index (χ0) is 44.7. The molecule has 1 aliphatic carbocycles. The van der Waals surface area contributed by atoms with Gasteiger partial charge in [0.1, 0.15) is 60.8 Å². The predicted molar refractivity (Wildman–Crippen MR) is 253 cm³/mol. The van der Waals surface area contributed by atoms with Crippen LogP contribution in [0.25, 0.3) is 11.4 Å². The molecule has 2 aromatic heterocycles. The second-order valence-corrected chi connectivity index (χ2v) is 20.1. The standard InChI is InChI=1S/C54H66N6O2/c1-35-21-37(3)49(38(4)22-35)59-19-17-57(33-59)31-43-27-45(53(7,8)9)25-41(51(43)61)29-55-47-15-13-14-16-48(47)56-30-42-26-46(54(10,11)12)28-44(52(42)62)32-58-18-20-60(34-58)50-39(5)23-36(2)24-40(50)6/h17-30,33-34,47-48H,13-16,31-32H2,1-12H3/p+2/t47-,48-/m1/s1. The number of aromatic nitrogens is 4. The van der Waals surface area contributed by atoms with Crippen molar-refractivity contribution < 1.29 is 19.3 Å². The minimum Gasteiger partial charge on any atom is -0.507 e. The van der Waals surface area contributed by atoms with E-state index in [9.17, 15) is 10.2 Å². The lowest BCUT2D eigenvalue weighted by atomic mass is 9.84. The molecule has 4 aromatic carbocycles. The fourth-order valence-electron chi connectivity index (χ4n) is 9.33. The lowest BCUT2D eigenvalue weighted by Crippen LogP contribution is -2.32. The number of phenols is 2. The second kappa shape index (κ2) is 17.5. The van der Waals surface area contributed by atoms with Crippen molar-refractivity contribution in [2.45, 2.75) is 145 Å². The SMILES string of the molecule is Cc1cc(C)c(-n2cc[n+](Cc3cc(C(C)(C)C)cc(C=N[C@@H]4CCCC[C@H]4N=Cc4cc(C(C)(C)C)cc(C[n+]5ccn(-c6c(C)cc(C)cc6C)c5)c4O)c3O)c2)c(C)c1. The van der Waals surface area contributed by atoms with E-state index in [1.165, 1.54) is 44.8 Å². The molecule has 6 aromatic rings. The van der Waals surface area contributed by atoms with Crippen molar-refractivity contribution in [3.05, 3.63) is 153 Å². The lowest BCUT2D eigenvalue weighted by molar-refractivity contribution is -0.687. The molecule has 1 aliphatic rings. The summed E-state index contributed by atoms with van der Waals surface area (Å²) >= 11 is 0. The third-order valence-corrected chi connectivity index (χ3v) is 12.5. The van der Waals surface area contributed by atoms with E-state index in [0.717, 1.165) is 59.1 Å². The van der Waals surface area contributed by atoms with E-state index in [2.05, 4.69) is 187 Å². The summed E-state index contributed by atoms with van der Waals surface area (Å²) in [5.41, 5.74) is 15.0. The normalized spacial score (nSPS) is 16.3. The predicted octanol–water partition coefficient (Wildman–Crippen LogP) is 10.6. The Labute approximate surface area is 370 Å². The Morgan fingerprint density at radius 2 is 0.919 bits per heavy atom. The van der Waals surface area contributed by atoms with Crippen molar-refractivity contribution in [1.82, 2.24) is 9.13 Å². The molecule has 0 bridgehead atoms. The monoisotopic (exact) mass is 833 g/mol. The molecule has 324 valence electrons. The van der Waals surface area contributed by atoms with Crippen molar-refractivity contribution in [2.24, 2.45) is 9.98 Å². The molecule has 7 rings (SSSR count). The van der Waals surface area contributed by atoms with Crippen LogP contribution in [-0.4, -0.2) is 43.9 Å². The number of rotatable bonds is 10. The largest absolute Gasteiger partial charge is 0.507 e. The van der Waals surface area contributed by atoms with Crippen molar-refractivity contribution >= 4 is 12.4 Å². The molecule has 2 heterocycles. The van der Waals surface area contributed by atoms with Crippen molar-refractivity contribution in [3.8, 4) is 22.9 Å². The number of hydrogen-bond acceptors (Lipinski definition) is 4. The van der Waals surface area contributed by atoms with E-state index in [1.807, 2.05) is 12.4 Å². The number of benzene rings is 4. The highest BCUT2D eigenvalue weighted by molar-refractivity contribution is 5.86. The number of hydrogen-bond donors (Lipinski definition) is 2. The van der Waals surface area contributed by atoms with E-state index < -0.39 is 0 Å². The lowest BCUT2D eigenvalue weighted by Gasteiger charge is -2.26. The van der Waals surface area contributed by atoms with Gasteiger partial charge >= 0.3 is 0 Å². The molecule has 1 saturated carbocycles. The fraction of sp³-hybridized carbons (Fsp3) is 0.407. The summed E-state index contributed by atoms with van der Waals surface area (Å²) in [6.45, 7) is 27.2. The highest BCUT2D eigenvalue weighted by atomic mass is 16.3. The third-order valence-electron chi connectivity index (χ3n) is 12.5. The molecule has 8 nitrogen and oxygen atoms in total. The van der Waals surface area contributed by atoms with E-state index in [-0.39, 0.29) is 34.4 Å². The van der Waals surface area contributed by atoms with Gasteiger partial charge in [-0.3, -0.25) is 9.98 Å². The first-order valence-electron chi connectivity index (χ1n) is 22.3. The fourth-order valence-corrected chi connectivity index (χ4v) is 9.33. The van der Waals surface area contributed by atoms with Gasteiger partial charge in [-0.05, 0) is 123 Å². The number of nitrogens with zero attached hydrogens (tertiary/aromatic N) is 6. The maximum absolute atomic E-state index is 11.8. The topological polar surface area (TPSA) is 82.8 Å². The molecule has 0 spiro atoms. The first-order chi connectivity index (χ1) is 29.2. The minimum atomic E-state index is -0.125. The van der Waals surface area contributed by atoms with Gasteiger partial charge in [0.15, 0.2) is 0 Å². The van der Waals surface area contributed by atoms with Gasteiger partial charge in [0.05, 0.1) is 12.1 Å². The van der Waals surface area contributed by atoms with Crippen LogP contribution in [0, 0.1) is 41.5 Å². The third kappa shape index (κ3) is 9.80. The van der Waals surface area contributed by atoms with Crippen LogP contribution in [-0.2, 0) is 23.9 Å². The van der Waals surface area contributed by atoms with E-state index in [1.54, 1.807) is 0 Å². The van der Waals surface area contributed by atoms with Gasteiger partial charge in [0.25, 0.3) is 0 Å². The molecular weight excluding hydrogens is 765 g/mol. The summed E-state index contributed by atoms with van der Waals surface area (Å²) in [7, 11) is 0. The highest BCUT2D eigenvalue weighted by Gasteiger charge is 2.26. The number of imidazole rings is 2. The summed E-state index contributed by atoms with van der Waals surface area (Å²) in [6.07, 6.45) is 20.3. The van der Waals surface area contributed by atoms with E-state index in [4.69, 9.17) is 9.98 Å². The highest BCUT2D eigenvalue weighted by Crippen LogP contribution is 2.34. The van der Waals surface area contributed by atoms with Gasteiger partial charge in [0.2, 0.25) is 12.7 Å². The Bertz CT molecular complexity index is 2430. The average molecular weight is 833 g/mol. The Hall–Kier alpha value is -5.76. The van der Waals surface area contributed by atoms with Gasteiger partial charge in [-0.1, -0.05) is 89.8 Å². The van der Waals surface area contributed by atoms with Crippen LogP contribution in [0.2, 0.25) is 0 Å². The molecule has 2 N–H and O–H groups in total. The summed E-state index contributed by atoms with van der Waals surface area (Å²) in [5, 5.41) is 23.6. The zero-order valence-electron chi connectivity index (χ0n) is 39.2. The van der Waals surface area contributed by atoms with Gasteiger partial charge in [-0.25, -0.2) is 18.3 Å². The van der Waals surface area contributed by atoms with Crippen LogP contribution in [0.3, 0.4) is 0 Å². The maximum atomic E-state index is 11.8. The Morgan fingerprint density at radius 3 is 1.26 bits per heavy atom. The maximum Gasteiger partial charge on any atom is 0.249 e. The van der Waals surface area contributed by atoms with Crippen LogP contribution in [0.5, 0.6) is 11.5 Å². The van der Waals surface area contributed by atoms with Crippen molar-refractivity contribution in [1.29, 1.82) is 0 Å². The number of aromatic hydroxyl groups is 2. The molecule has 0 amide bonds. The van der Waals surface area contributed by atoms with Gasteiger partial charge in [0, 0.05) is 34.7 Å². The van der Waals surface area contributed by atoms with Gasteiger partial charge in [-0.2, -0.15) is 0 Å². The van der Waals surface area contributed by atoms with E-state index in [0.29, 0.717) is 13.1 Å². The zero-order valence-corrected chi connectivity index (χ0v) is 39.2. The Balaban J connectivity index is 1.15. The van der Waals surface area contributed by atoms with Crippen LogP contribution >= 0.6 is 0 Å². The molecule has 2 atom stereocenters. The van der Waals surface area contributed by atoms with Crippen molar-refractivity contribution in [2.75, 3.05) is 0 Å². The molecular formula is C54H68N6O2+2. The Morgan fingerprint density at radius 1 is 0.565 bits per heavy atom. The summed E-state index contributed by atoms with van der Waals surface area (Å²) in [5.74, 6) is 0.517. The number of aryl methyl sites for hydroxylation is 6. The quantitative estimate of drug-likeness (QED) is 0.106. The Kier molecular flexibility index (Phi) is 12.5. The van der Waals surface area contributed by atoms with Crippen LogP contribution in [0.15, 0.2) is 96.0 Å². The number of phenolic OH excluding ortho intramolecular Hbond substituents is 2. The molecule has 0 aliphatic heterocycles. The molecule has 0 unspecified atom stereocenters. The minimum absolute atomic E-state index is 0.0399. The molecule has 0 saturated heterocycles. The van der Waals surface area contributed by atoms with Gasteiger partial charge < -0.3 is 10.2 Å². The summed E-state index contributed by atoms with van der Waals surface area (Å²) in [4.78, 5) is 10.3. The first kappa shape index (κ1) is 44.3. The molecule has 62 heavy (non-hydrogen) atoms. The number of aliphatic imine (C=N–C) groups is 2. The van der Waals surface area contributed by atoms with Crippen LogP contribution < -0.4 is 9.13 Å². The summed E-state index contributed by atoms with van der Waals surface area (Å²) in [6, 6.07) is 17.3. The average Bonchev–Trinajstić information content (AvgIpc) is 3.83. The smallest absolute Gasteiger partial charge is 0.249 e. The summed E-state index contributed by atoms with van der Waals surface area (Å²) < 4.78 is 8.60. The van der Waals surface area contributed by atoms with Gasteiger partial charge in [-0.15, -0.1) is 0 Å². The molecule has 1 fully saturated rings. The van der Waals surface area contributed by atoms with Crippen LogP contribution in [0.4, 0.5) is 0 Å². The molecule has 8 heteroatoms. The van der Waals surface area contributed by atoms with E-state index >= 15 is 0 Å².